The Hall–Kier alpha value is -0.580. The van der Waals surface area contributed by atoms with Gasteiger partial charge in [-0.15, -0.1) is 12.4 Å². The number of carbonyl (C=O) groups excluding carboxylic acids is 1. The van der Waals surface area contributed by atoms with Crippen LogP contribution in [-0.2, 0) is 4.79 Å². The van der Waals surface area contributed by atoms with Gasteiger partial charge in [-0.25, -0.2) is 0 Å². The number of amides is 1. The molecule has 0 bridgehead atoms. The molecular weight excluding hydrogens is 340 g/mol. The molecule has 5 heteroatoms. The minimum atomic E-state index is 0. The molecule has 2 N–H and O–H groups in total. The third kappa shape index (κ3) is 4.76. The van der Waals surface area contributed by atoms with Crippen LogP contribution in [0.1, 0.15) is 38.3 Å². The van der Waals surface area contributed by atoms with Crippen molar-refractivity contribution in [2.24, 2.45) is 5.92 Å². The van der Waals surface area contributed by atoms with Crippen LogP contribution in [-0.4, -0.2) is 18.5 Å². The molecule has 1 heterocycles. The van der Waals surface area contributed by atoms with Gasteiger partial charge in [0.25, 0.3) is 0 Å². The average Bonchev–Trinajstić information content (AvgIpc) is 2.38. The Morgan fingerprint density at radius 3 is 2.90 bits per heavy atom. The summed E-state index contributed by atoms with van der Waals surface area (Å²) in [5.74, 6) is 0.326. The Kier molecular flexibility index (Phi) is 7.00. The van der Waals surface area contributed by atoms with Crippen molar-refractivity contribution >= 4 is 34.2 Å². The predicted molar refractivity (Wildman–Crippen MR) is 88.1 cm³/mol. The molecule has 112 valence electrons. The molecule has 0 spiro atoms. The molecule has 3 atom stereocenters. The molecule has 0 aromatic heterocycles. The predicted octanol–water partition coefficient (Wildman–Crippen LogP) is 3.44. The highest BCUT2D eigenvalue weighted by Gasteiger charge is 2.25. The van der Waals surface area contributed by atoms with Crippen molar-refractivity contribution in [3.63, 3.8) is 0 Å². The van der Waals surface area contributed by atoms with E-state index in [1.54, 1.807) is 0 Å². The van der Waals surface area contributed by atoms with E-state index in [1.807, 2.05) is 25.1 Å². The minimum absolute atomic E-state index is 0. The Balaban J connectivity index is 0.00000200. The van der Waals surface area contributed by atoms with E-state index in [9.17, 15) is 4.79 Å². The quantitative estimate of drug-likeness (QED) is 0.866. The summed E-state index contributed by atoms with van der Waals surface area (Å²) in [6.45, 7) is 5.10. The zero-order valence-electron chi connectivity index (χ0n) is 11.9. The first-order valence-electron chi connectivity index (χ1n) is 6.85. The maximum absolute atomic E-state index is 12.3. The molecule has 1 aromatic rings. The van der Waals surface area contributed by atoms with Gasteiger partial charge in [0.05, 0.1) is 6.04 Å². The van der Waals surface area contributed by atoms with Gasteiger partial charge in [0.1, 0.15) is 0 Å². The normalized spacial score (nSPS) is 23.6. The number of rotatable bonds is 3. The molecule has 1 aliphatic rings. The van der Waals surface area contributed by atoms with Crippen LogP contribution in [0.5, 0.6) is 0 Å². The van der Waals surface area contributed by atoms with Gasteiger partial charge >= 0.3 is 0 Å². The lowest BCUT2D eigenvalue weighted by Crippen LogP contribution is -2.42. The van der Waals surface area contributed by atoms with Gasteiger partial charge in [-0.1, -0.05) is 28.1 Å². The standard InChI is InChI=1S/C15H21BrN2O.ClH/c1-10-8-13(6-7-17-10)15(19)18-11(2)12-4-3-5-14(16)9-12;/h3-5,9-11,13,17H,6-8H2,1-2H3,(H,18,19);1H/t10-,11?,13-;/m0./s1. The van der Waals surface area contributed by atoms with E-state index in [4.69, 9.17) is 0 Å². The fourth-order valence-electron chi connectivity index (χ4n) is 2.56. The van der Waals surface area contributed by atoms with Gasteiger partial charge in [0.15, 0.2) is 0 Å². The number of hydrogen-bond acceptors (Lipinski definition) is 2. The lowest BCUT2D eigenvalue weighted by molar-refractivity contribution is -0.126. The van der Waals surface area contributed by atoms with Gasteiger partial charge < -0.3 is 10.6 Å². The van der Waals surface area contributed by atoms with Gasteiger partial charge in [0.2, 0.25) is 5.91 Å². The minimum Gasteiger partial charge on any atom is -0.349 e. The summed E-state index contributed by atoms with van der Waals surface area (Å²) in [6.07, 6.45) is 1.86. The summed E-state index contributed by atoms with van der Waals surface area (Å²) >= 11 is 3.46. The summed E-state index contributed by atoms with van der Waals surface area (Å²) in [7, 11) is 0. The molecule has 0 saturated carbocycles. The van der Waals surface area contributed by atoms with E-state index in [-0.39, 0.29) is 30.3 Å². The number of carbonyl (C=O) groups is 1. The highest BCUT2D eigenvalue weighted by Crippen LogP contribution is 2.20. The SMILES string of the molecule is CC(NC(=O)[C@H]1CCN[C@@H](C)C1)c1cccc(Br)c1.Cl. The van der Waals surface area contributed by atoms with Crippen LogP contribution >= 0.6 is 28.3 Å². The van der Waals surface area contributed by atoms with Crippen molar-refractivity contribution in [3.8, 4) is 0 Å². The van der Waals surface area contributed by atoms with Crippen LogP contribution in [0.3, 0.4) is 0 Å². The van der Waals surface area contributed by atoms with Gasteiger partial charge in [-0.3, -0.25) is 4.79 Å². The van der Waals surface area contributed by atoms with Crippen LogP contribution in [0.2, 0.25) is 0 Å². The zero-order chi connectivity index (χ0) is 13.8. The van der Waals surface area contributed by atoms with Crippen molar-refractivity contribution in [1.82, 2.24) is 10.6 Å². The molecule has 0 radical (unpaired) electrons. The molecular formula is C15H22BrClN2O. The number of hydrogen-bond donors (Lipinski definition) is 2. The largest absolute Gasteiger partial charge is 0.349 e. The van der Waals surface area contributed by atoms with Gasteiger partial charge in [-0.05, 0) is 50.9 Å². The van der Waals surface area contributed by atoms with E-state index >= 15 is 0 Å². The second-order valence-corrected chi connectivity index (χ2v) is 6.28. The molecule has 3 nitrogen and oxygen atoms in total. The monoisotopic (exact) mass is 360 g/mol. The molecule has 1 saturated heterocycles. The first kappa shape index (κ1) is 17.5. The first-order valence-corrected chi connectivity index (χ1v) is 7.65. The molecule has 1 amide bonds. The molecule has 0 aliphatic carbocycles. The Morgan fingerprint density at radius 2 is 2.25 bits per heavy atom. The second-order valence-electron chi connectivity index (χ2n) is 5.36. The van der Waals surface area contributed by atoms with E-state index in [0.29, 0.717) is 6.04 Å². The van der Waals surface area contributed by atoms with Crippen molar-refractivity contribution < 1.29 is 4.79 Å². The number of piperidine rings is 1. The van der Waals surface area contributed by atoms with Crippen molar-refractivity contribution in [2.45, 2.75) is 38.8 Å². The first-order chi connectivity index (χ1) is 9.06. The average molecular weight is 362 g/mol. The fourth-order valence-corrected chi connectivity index (χ4v) is 2.98. The Labute approximate surface area is 135 Å². The summed E-state index contributed by atoms with van der Waals surface area (Å²) in [4.78, 5) is 12.3. The number of nitrogens with one attached hydrogen (secondary N) is 2. The fraction of sp³-hybridized carbons (Fsp3) is 0.533. The Morgan fingerprint density at radius 1 is 1.50 bits per heavy atom. The third-order valence-corrected chi connectivity index (χ3v) is 4.20. The van der Waals surface area contributed by atoms with E-state index in [0.717, 1.165) is 29.4 Å². The number of benzene rings is 1. The zero-order valence-corrected chi connectivity index (χ0v) is 14.3. The summed E-state index contributed by atoms with van der Waals surface area (Å²) in [6, 6.07) is 8.57. The third-order valence-electron chi connectivity index (χ3n) is 3.70. The van der Waals surface area contributed by atoms with Gasteiger partial charge in [0, 0.05) is 16.4 Å². The topological polar surface area (TPSA) is 41.1 Å². The number of halogens is 2. The molecule has 2 rings (SSSR count). The molecule has 1 aromatic carbocycles. The van der Waals surface area contributed by atoms with Crippen molar-refractivity contribution in [1.29, 1.82) is 0 Å². The van der Waals surface area contributed by atoms with Crippen LogP contribution in [0.15, 0.2) is 28.7 Å². The maximum Gasteiger partial charge on any atom is 0.223 e. The molecule has 1 fully saturated rings. The van der Waals surface area contributed by atoms with Crippen LogP contribution in [0.4, 0.5) is 0 Å². The Bertz CT molecular complexity index is 455. The second kappa shape index (κ2) is 8.01. The van der Waals surface area contributed by atoms with Crippen LogP contribution in [0.25, 0.3) is 0 Å². The maximum atomic E-state index is 12.3. The molecule has 1 unspecified atom stereocenters. The van der Waals surface area contributed by atoms with Crippen molar-refractivity contribution in [2.75, 3.05) is 6.54 Å². The lowest BCUT2D eigenvalue weighted by Gasteiger charge is -2.28. The molecule has 20 heavy (non-hydrogen) atoms. The van der Waals surface area contributed by atoms with Gasteiger partial charge in [-0.2, -0.15) is 0 Å². The summed E-state index contributed by atoms with van der Waals surface area (Å²) in [5.41, 5.74) is 1.13. The smallest absolute Gasteiger partial charge is 0.223 e. The highest BCUT2D eigenvalue weighted by atomic mass is 79.9. The van der Waals surface area contributed by atoms with Crippen LogP contribution < -0.4 is 10.6 Å². The molecule has 1 aliphatic heterocycles. The van der Waals surface area contributed by atoms with Crippen LogP contribution in [0, 0.1) is 5.92 Å². The summed E-state index contributed by atoms with van der Waals surface area (Å²) < 4.78 is 1.04. The van der Waals surface area contributed by atoms with E-state index < -0.39 is 0 Å². The van der Waals surface area contributed by atoms with Crippen molar-refractivity contribution in [3.05, 3.63) is 34.3 Å². The highest BCUT2D eigenvalue weighted by molar-refractivity contribution is 9.10. The van der Waals surface area contributed by atoms with E-state index in [1.165, 1.54) is 0 Å². The summed E-state index contributed by atoms with van der Waals surface area (Å²) in [5, 5.41) is 6.50. The lowest BCUT2D eigenvalue weighted by atomic mass is 9.92. The van der Waals surface area contributed by atoms with E-state index in [2.05, 4.69) is 39.6 Å².